The third-order valence-electron chi connectivity index (χ3n) is 2.73. The van der Waals surface area contributed by atoms with Crippen molar-refractivity contribution in [2.75, 3.05) is 5.32 Å². The first kappa shape index (κ1) is 10.9. The number of anilines is 1. The largest absolute Gasteiger partial charge is 0.350 e. The number of carbonyl (C=O) groups is 1. The standard InChI is InChI=1S/C10H15N5O/c1-6(16)9-5-12-10(15-14-9)13-8-3-2-7(11)4-8/h5,7-8H,2-4,11H2,1H3,(H,12,13,15)/t7-,8-/m0/s1. The summed E-state index contributed by atoms with van der Waals surface area (Å²) < 4.78 is 0. The first-order valence-electron chi connectivity index (χ1n) is 5.38. The molecule has 2 atom stereocenters. The number of nitrogens with two attached hydrogens (primary N) is 1. The smallest absolute Gasteiger partial charge is 0.242 e. The van der Waals surface area contributed by atoms with Gasteiger partial charge >= 0.3 is 0 Å². The SMILES string of the molecule is CC(=O)c1cnc(N[C@H]2CC[C@H](N)C2)nn1. The van der Waals surface area contributed by atoms with Crippen LogP contribution in [0.4, 0.5) is 5.95 Å². The highest BCUT2D eigenvalue weighted by Gasteiger charge is 2.22. The fourth-order valence-corrected chi connectivity index (χ4v) is 1.83. The van der Waals surface area contributed by atoms with Gasteiger partial charge in [0.15, 0.2) is 5.78 Å². The Hall–Kier alpha value is -1.56. The molecule has 16 heavy (non-hydrogen) atoms. The Morgan fingerprint density at radius 3 is 2.81 bits per heavy atom. The molecule has 1 aliphatic rings. The van der Waals surface area contributed by atoms with E-state index in [9.17, 15) is 4.79 Å². The molecule has 3 N–H and O–H groups in total. The molecule has 1 heterocycles. The topological polar surface area (TPSA) is 93.8 Å². The van der Waals surface area contributed by atoms with Gasteiger partial charge in [0, 0.05) is 19.0 Å². The predicted octanol–water partition coefficient (Wildman–Crippen LogP) is 0.366. The van der Waals surface area contributed by atoms with E-state index in [0.717, 1.165) is 19.3 Å². The van der Waals surface area contributed by atoms with Crippen LogP contribution in [0.25, 0.3) is 0 Å². The van der Waals surface area contributed by atoms with Crippen LogP contribution in [0.5, 0.6) is 0 Å². The molecule has 1 saturated carbocycles. The van der Waals surface area contributed by atoms with E-state index in [2.05, 4.69) is 20.5 Å². The third kappa shape index (κ3) is 2.52. The van der Waals surface area contributed by atoms with Crippen LogP contribution in [0, 0.1) is 0 Å². The molecule has 6 nitrogen and oxygen atoms in total. The van der Waals surface area contributed by atoms with Crippen LogP contribution in [-0.4, -0.2) is 33.0 Å². The Morgan fingerprint density at radius 2 is 2.31 bits per heavy atom. The minimum Gasteiger partial charge on any atom is -0.350 e. The summed E-state index contributed by atoms with van der Waals surface area (Å²) in [6.07, 6.45) is 4.42. The van der Waals surface area contributed by atoms with Crippen molar-refractivity contribution in [1.82, 2.24) is 15.2 Å². The van der Waals surface area contributed by atoms with Crippen LogP contribution in [0.2, 0.25) is 0 Å². The summed E-state index contributed by atoms with van der Waals surface area (Å²) >= 11 is 0. The number of carbonyl (C=O) groups excluding carboxylic acids is 1. The second kappa shape index (κ2) is 4.52. The maximum atomic E-state index is 11.0. The van der Waals surface area contributed by atoms with E-state index in [-0.39, 0.29) is 17.5 Å². The van der Waals surface area contributed by atoms with E-state index in [4.69, 9.17) is 5.73 Å². The Bertz CT molecular complexity index is 377. The van der Waals surface area contributed by atoms with Crippen molar-refractivity contribution < 1.29 is 4.79 Å². The van der Waals surface area contributed by atoms with Crippen LogP contribution in [0.15, 0.2) is 6.20 Å². The molecule has 0 bridgehead atoms. The molecule has 0 unspecified atom stereocenters. The normalized spacial score (nSPS) is 24.4. The fourth-order valence-electron chi connectivity index (χ4n) is 1.83. The highest BCUT2D eigenvalue weighted by molar-refractivity contribution is 5.91. The Labute approximate surface area is 93.7 Å². The summed E-state index contributed by atoms with van der Waals surface area (Å²) in [5, 5.41) is 10.8. The number of hydrogen-bond acceptors (Lipinski definition) is 6. The molecular formula is C10H15N5O. The van der Waals surface area contributed by atoms with E-state index in [0.29, 0.717) is 12.0 Å². The second-order valence-electron chi connectivity index (χ2n) is 4.14. The zero-order chi connectivity index (χ0) is 11.5. The predicted molar refractivity (Wildman–Crippen MR) is 59.1 cm³/mol. The lowest BCUT2D eigenvalue weighted by atomic mass is 10.2. The highest BCUT2D eigenvalue weighted by Crippen LogP contribution is 2.19. The van der Waals surface area contributed by atoms with E-state index < -0.39 is 0 Å². The van der Waals surface area contributed by atoms with Gasteiger partial charge in [-0.15, -0.1) is 10.2 Å². The molecule has 0 saturated heterocycles. The molecule has 0 amide bonds. The minimum atomic E-state index is -0.130. The first-order chi connectivity index (χ1) is 7.65. The zero-order valence-electron chi connectivity index (χ0n) is 9.18. The van der Waals surface area contributed by atoms with Gasteiger partial charge in [-0.3, -0.25) is 4.79 Å². The number of nitrogens with zero attached hydrogens (tertiary/aromatic N) is 3. The van der Waals surface area contributed by atoms with Gasteiger partial charge in [-0.2, -0.15) is 0 Å². The van der Waals surface area contributed by atoms with Crippen LogP contribution < -0.4 is 11.1 Å². The lowest BCUT2D eigenvalue weighted by Gasteiger charge is -2.11. The van der Waals surface area contributed by atoms with Gasteiger partial charge in [0.1, 0.15) is 5.69 Å². The number of rotatable bonds is 3. The molecular weight excluding hydrogens is 206 g/mol. The maximum Gasteiger partial charge on any atom is 0.242 e. The lowest BCUT2D eigenvalue weighted by molar-refractivity contribution is 0.101. The Balaban J connectivity index is 1.97. The number of hydrogen-bond donors (Lipinski definition) is 2. The zero-order valence-corrected chi connectivity index (χ0v) is 9.18. The van der Waals surface area contributed by atoms with Gasteiger partial charge in [0.05, 0.1) is 6.20 Å². The molecule has 0 aromatic carbocycles. The van der Waals surface area contributed by atoms with Gasteiger partial charge in [0.2, 0.25) is 5.95 Å². The van der Waals surface area contributed by atoms with Crippen LogP contribution in [0.1, 0.15) is 36.7 Å². The van der Waals surface area contributed by atoms with E-state index >= 15 is 0 Å². The summed E-state index contributed by atoms with van der Waals surface area (Å²) in [6, 6.07) is 0.585. The first-order valence-corrected chi connectivity index (χ1v) is 5.38. The minimum absolute atomic E-state index is 0.130. The number of ketones is 1. The average Bonchev–Trinajstić information content (AvgIpc) is 2.65. The van der Waals surface area contributed by atoms with Crippen molar-refractivity contribution in [1.29, 1.82) is 0 Å². The molecule has 1 aromatic rings. The quantitative estimate of drug-likeness (QED) is 0.716. The highest BCUT2D eigenvalue weighted by atomic mass is 16.1. The number of aromatic nitrogens is 3. The van der Waals surface area contributed by atoms with E-state index in [1.54, 1.807) is 0 Å². The molecule has 0 spiro atoms. The molecule has 0 radical (unpaired) electrons. The second-order valence-corrected chi connectivity index (χ2v) is 4.14. The molecule has 6 heteroatoms. The molecule has 1 aromatic heterocycles. The molecule has 86 valence electrons. The fraction of sp³-hybridized carbons (Fsp3) is 0.600. The average molecular weight is 221 g/mol. The third-order valence-corrected chi connectivity index (χ3v) is 2.73. The van der Waals surface area contributed by atoms with Gasteiger partial charge < -0.3 is 11.1 Å². The summed E-state index contributed by atoms with van der Waals surface area (Å²) in [4.78, 5) is 15.0. The maximum absolute atomic E-state index is 11.0. The van der Waals surface area contributed by atoms with Gasteiger partial charge in [0.25, 0.3) is 0 Å². The van der Waals surface area contributed by atoms with Crippen molar-refractivity contribution >= 4 is 11.7 Å². The Kier molecular flexibility index (Phi) is 3.09. The van der Waals surface area contributed by atoms with Crippen molar-refractivity contribution in [2.45, 2.75) is 38.3 Å². The number of Topliss-reactive ketones (excluding diaryl/α,β-unsaturated/α-hetero) is 1. The lowest BCUT2D eigenvalue weighted by Crippen LogP contribution is -2.22. The monoisotopic (exact) mass is 221 g/mol. The molecule has 1 fully saturated rings. The summed E-state index contributed by atoms with van der Waals surface area (Å²) in [7, 11) is 0. The van der Waals surface area contributed by atoms with E-state index in [1.165, 1.54) is 13.1 Å². The van der Waals surface area contributed by atoms with Gasteiger partial charge in [-0.05, 0) is 19.3 Å². The van der Waals surface area contributed by atoms with Crippen molar-refractivity contribution in [2.24, 2.45) is 5.73 Å². The van der Waals surface area contributed by atoms with Gasteiger partial charge in [-0.25, -0.2) is 4.98 Å². The summed E-state index contributed by atoms with van der Waals surface area (Å²) in [5.41, 5.74) is 6.09. The van der Waals surface area contributed by atoms with Crippen LogP contribution >= 0.6 is 0 Å². The molecule has 0 aliphatic heterocycles. The summed E-state index contributed by atoms with van der Waals surface area (Å²) in [6.45, 7) is 1.44. The summed E-state index contributed by atoms with van der Waals surface area (Å²) in [5.74, 6) is 0.332. The van der Waals surface area contributed by atoms with Crippen molar-refractivity contribution in [3.8, 4) is 0 Å². The molecule has 1 aliphatic carbocycles. The van der Waals surface area contributed by atoms with Crippen LogP contribution in [0.3, 0.4) is 0 Å². The van der Waals surface area contributed by atoms with Crippen molar-refractivity contribution in [3.63, 3.8) is 0 Å². The van der Waals surface area contributed by atoms with Crippen LogP contribution in [-0.2, 0) is 0 Å². The van der Waals surface area contributed by atoms with Gasteiger partial charge in [-0.1, -0.05) is 0 Å². The van der Waals surface area contributed by atoms with E-state index in [1.807, 2.05) is 0 Å². The number of nitrogens with one attached hydrogen (secondary N) is 1. The molecule has 2 rings (SSSR count). The van der Waals surface area contributed by atoms with Crippen molar-refractivity contribution in [3.05, 3.63) is 11.9 Å². The Morgan fingerprint density at radius 1 is 1.50 bits per heavy atom.